The lowest BCUT2D eigenvalue weighted by molar-refractivity contribution is 0.0240. The number of piperazine rings is 1. The van der Waals surface area contributed by atoms with Crippen LogP contribution in [-0.2, 0) is 11.2 Å². The maximum Gasteiger partial charge on any atom is 0.410 e. The summed E-state index contributed by atoms with van der Waals surface area (Å²) >= 11 is 7.66. The van der Waals surface area contributed by atoms with Gasteiger partial charge in [0.15, 0.2) is 5.13 Å². The van der Waals surface area contributed by atoms with Gasteiger partial charge >= 0.3 is 6.09 Å². The van der Waals surface area contributed by atoms with Gasteiger partial charge in [-0.05, 0) is 51.5 Å². The number of carbonyl (C=O) groups excluding carboxylic acids is 1. The van der Waals surface area contributed by atoms with Crippen molar-refractivity contribution in [1.82, 2.24) is 19.3 Å². The second-order valence-electron chi connectivity index (χ2n) is 10.4. The quantitative estimate of drug-likeness (QED) is 0.281. The highest BCUT2D eigenvalue weighted by atomic mass is 35.5. The molecule has 4 aromatic rings. The van der Waals surface area contributed by atoms with Crippen LogP contribution < -0.4 is 9.80 Å². The minimum absolute atomic E-state index is 0.250. The van der Waals surface area contributed by atoms with E-state index in [0.29, 0.717) is 18.1 Å². The molecule has 0 saturated carbocycles. The first kappa shape index (κ1) is 26.3. The van der Waals surface area contributed by atoms with Crippen molar-refractivity contribution >= 4 is 51.3 Å². The van der Waals surface area contributed by atoms with E-state index < -0.39 is 5.60 Å². The number of nitrogens with zero attached hydrogens (tertiary/aromatic N) is 6. The number of carbonyl (C=O) groups is 1. The van der Waals surface area contributed by atoms with Crippen LogP contribution in [0, 0.1) is 0 Å². The van der Waals surface area contributed by atoms with Gasteiger partial charge in [-0.1, -0.05) is 30.7 Å². The molecule has 0 N–H and O–H groups in total. The highest BCUT2D eigenvalue weighted by molar-refractivity contribution is 7.14. The largest absolute Gasteiger partial charge is 0.444 e. The molecule has 1 fully saturated rings. The van der Waals surface area contributed by atoms with E-state index in [4.69, 9.17) is 26.3 Å². The highest BCUT2D eigenvalue weighted by Gasteiger charge is 2.27. The first-order valence-electron chi connectivity index (χ1n) is 12.8. The third-order valence-corrected chi connectivity index (χ3v) is 7.68. The van der Waals surface area contributed by atoms with Crippen molar-refractivity contribution in [3.63, 3.8) is 0 Å². The summed E-state index contributed by atoms with van der Waals surface area (Å²) in [5, 5.41) is 3.67. The third-order valence-electron chi connectivity index (χ3n) is 6.52. The van der Waals surface area contributed by atoms with E-state index in [1.54, 1.807) is 16.2 Å². The predicted octanol–water partition coefficient (Wildman–Crippen LogP) is 6.50. The standard InChI is InChI=1S/C28H33ClN6O2S/c1-6-22-25(32(5)26-31-23(18-38-26)19-7-9-20(29)10-8-19)35-17-21(11-12-24(35)30-22)33-13-15-34(16-14-33)27(36)37-28(2,3)4/h7-12,17-18H,6,13-16H2,1-5H3. The molecular formula is C28H33ClN6O2S. The lowest BCUT2D eigenvalue weighted by atomic mass is 10.2. The maximum absolute atomic E-state index is 12.5. The molecular weight excluding hydrogens is 520 g/mol. The van der Waals surface area contributed by atoms with Crippen molar-refractivity contribution in [3.8, 4) is 11.3 Å². The van der Waals surface area contributed by atoms with E-state index >= 15 is 0 Å². The fourth-order valence-electron chi connectivity index (χ4n) is 4.59. The number of fused-ring (bicyclic) bond motifs is 1. The molecule has 10 heteroatoms. The summed E-state index contributed by atoms with van der Waals surface area (Å²) in [5.74, 6) is 1.01. The molecule has 0 unspecified atom stereocenters. The van der Waals surface area contributed by atoms with Gasteiger partial charge in [0.2, 0.25) is 0 Å². The fourth-order valence-corrected chi connectivity index (χ4v) is 5.51. The third kappa shape index (κ3) is 5.44. The number of hydrogen-bond donors (Lipinski definition) is 0. The van der Waals surface area contributed by atoms with Gasteiger partial charge in [0.05, 0.1) is 17.1 Å². The van der Waals surface area contributed by atoms with Crippen LogP contribution in [0.5, 0.6) is 0 Å². The number of aromatic nitrogens is 3. The summed E-state index contributed by atoms with van der Waals surface area (Å²) in [6.45, 7) is 10.5. The Labute approximate surface area is 232 Å². The molecule has 0 atom stereocenters. The number of halogens is 1. The molecule has 1 aliphatic heterocycles. The Bertz CT molecular complexity index is 1430. The Morgan fingerprint density at radius 2 is 1.79 bits per heavy atom. The molecule has 0 radical (unpaired) electrons. The average Bonchev–Trinajstić information content (AvgIpc) is 3.53. The summed E-state index contributed by atoms with van der Waals surface area (Å²) in [7, 11) is 2.04. The molecule has 4 heterocycles. The van der Waals surface area contributed by atoms with Crippen LogP contribution in [0.15, 0.2) is 48.0 Å². The molecule has 0 bridgehead atoms. The number of rotatable bonds is 5. The SMILES string of the molecule is CCc1nc2ccc(N3CCN(C(=O)OC(C)(C)C)CC3)cn2c1N(C)c1nc(-c2ccc(Cl)cc2)cs1. The Balaban J connectivity index is 1.39. The molecule has 200 valence electrons. The molecule has 38 heavy (non-hydrogen) atoms. The van der Waals surface area contributed by atoms with E-state index in [-0.39, 0.29) is 6.09 Å². The molecule has 0 aliphatic carbocycles. The monoisotopic (exact) mass is 552 g/mol. The van der Waals surface area contributed by atoms with Crippen molar-refractivity contribution in [2.24, 2.45) is 0 Å². The van der Waals surface area contributed by atoms with Gasteiger partial charge in [0.25, 0.3) is 0 Å². The zero-order valence-corrected chi connectivity index (χ0v) is 24.0. The van der Waals surface area contributed by atoms with Crippen LogP contribution in [0.25, 0.3) is 16.9 Å². The van der Waals surface area contributed by atoms with E-state index in [2.05, 4.69) is 44.8 Å². The van der Waals surface area contributed by atoms with Gasteiger partial charge in [0.1, 0.15) is 17.1 Å². The number of pyridine rings is 1. The number of anilines is 3. The Morgan fingerprint density at radius 1 is 1.08 bits per heavy atom. The molecule has 1 aliphatic rings. The topological polar surface area (TPSA) is 66.2 Å². The van der Waals surface area contributed by atoms with Gasteiger partial charge in [-0.25, -0.2) is 14.8 Å². The van der Waals surface area contributed by atoms with E-state index in [0.717, 1.165) is 58.7 Å². The molecule has 1 aromatic carbocycles. The smallest absolute Gasteiger partial charge is 0.410 e. The van der Waals surface area contributed by atoms with Crippen molar-refractivity contribution in [1.29, 1.82) is 0 Å². The first-order chi connectivity index (χ1) is 18.1. The van der Waals surface area contributed by atoms with Crippen LogP contribution >= 0.6 is 22.9 Å². The fraction of sp³-hybridized carbons (Fsp3) is 0.393. The number of benzene rings is 1. The highest BCUT2D eigenvalue weighted by Crippen LogP contribution is 2.34. The van der Waals surface area contributed by atoms with Crippen molar-refractivity contribution < 1.29 is 9.53 Å². The van der Waals surface area contributed by atoms with Gasteiger partial charge in [0, 0.05) is 55.4 Å². The molecule has 5 rings (SSSR count). The van der Waals surface area contributed by atoms with Gasteiger partial charge in [-0.15, -0.1) is 11.3 Å². The van der Waals surface area contributed by atoms with Crippen molar-refractivity contribution in [2.45, 2.75) is 39.7 Å². The van der Waals surface area contributed by atoms with Crippen LogP contribution in [0.4, 0.5) is 21.4 Å². The summed E-state index contributed by atoms with van der Waals surface area (Å²) < 4.78 is 7.70. The number of ether oxygens (including phenoxy) is 1. The predicted molar refractivity (Wildman–Crippen MR) is 155 cm³/mol. The Kier molecular flexibility index (Phi) is 7.24. The number of amides is 1. The van der Waals surface area contributed by atoms with Crippen LogP contribution in [0.2, 0.25) is 5.02 Å². The molecule has 3 aromatic heterocycles. The van der Waals surface area contributed by atoms with E-state index in [9.17, 15) is 4.79 Å². The number of thiazole rings is 1. The summed E-state index contributed by atoms with van der Waals surface area (Å²) in [6, 6.07) is 11.9. The van der Waals surface area contributed by atoms with E-state index in [1.807, 2.05) is 52.1 Å². The lowest BCUT2D eigenvalue weighted by Crippen LogP contribution is -2.50. The first-order valence-corrected chi connectivity index (χ1v) is 14.1. The van der Waals surface area contributed by atoms with Gasteiger partial charge in [-0.2, -0.15) is 0 Å². The zero-order chi connectivity index (χ0) is 27.0. The Hall–Kier alpha value is -3.30. The lowest BCUT2D eigenvalue weighted by Gasteiger charge is -2.36. The van der Waals surface area contributed by atoms with Crippen molar-refractivity contribution in [3.05, 3.63) is 58.7 Å². The summed E-state index contributed by atoms with van der Waals surface area (Å²) in [4.78, 5) is 28.5. The van der Waals surface area contributed by atoms with Crippen molar-refractivity contribution in [2.75, 3.05) is 43.0 Å². The number of imidazole rings is 1. The minimum atomic E-state index is -0.493. The maximum atomic E-state index is 12.5. The van der Waals surface area contributed by atoms with Gasteiger partial charge in [-0.3, -0.25) is 4.40 Å². The zero-order valence-electron chi connectivity index (χ0n) is 22.4. The summed E-state index contributed by atoms with van der Waals surface area (Å²) in [6.07, 6.45) is 2.70. The minimum Gasteiger partial charge on any atom is -0.444 e. The second kappa shape index (κ2) is 10.5. The summed E-state index contributed by atoms with van der Waals surface area (Å²) in [5.41, 5.74) is 4.47. The molecule has 0 spiro atoms. The molecule has 1 saturated heterocycles. The second-order valence-corrected chi connectivity index (χ2v) is 11.7. The molecule has 1 amide bonds. The Morgan fingerprint density at radius 3 is 2.45 bits per heavy atom. The van der Waals surface area contributed by atoms with Gasteiger partial charge < -0.3 is 19.4 Å². The van der Waals surface area contributed by atoms with Crippen LogP contribution in [0.3, 0.4) is 0 Å². The van der Waals surface area contributed by atoms with Crippen LogP contribution in [-0.4, -0.2) is 64.2 Å². The normalized spacial score (nSPS) is 14.3. The van der Waals surface area contributed by atoms with Crippen LogP contribution in [0.1, 0.15) is 33.4 Å². The van der Waals surface area contributed by atoms with E-state index in [1.165, 1.54) is 0 Å². The average molecular weight is 553 g/mol. The number of aryl methyl sites for hydroxylation is 1. The molecule has 8 nitrogen and oxygen atoms in total. The number of hydrogen-bond acceptors (Lipinski definition) is 7.